The summed E-state index contributed by atoms with van der Waals surface area (Å²) in [5.74, 6) is 0.588. The molecule has 5 heteroatoms. The van der Waals surface area contributed by atoms with E-state index < -0.39 is 0 Å². The molecule has 3 N–H and O–H groups in total. The summed E-state index contributed by atoms with van der Waals surface area (Å²) in [6.45, 7) is 7.39. The van der Waals surface area contributed by atoms with Crippen LogP contribution in [0, 0.1) is 5.92 Å². The van der Waals surface area contributed by atoms with Gasteiger partial charge in [0, 0.05) is 38.2 Å². The maximum Gasteiger partial charge on any atom is 0.238 e. The van der Waals surface area contributed by atoms with Crippen LogP contribution in [0.5, 0.6) is 0 Å². The lowest BCUT2D eigenvalue weighted by molar-refractivity contribution is -0.123. The van der Waals surface area contributed by atoms with Crippen molar-refractivity contribution in [2.24, 2.45) is 5.92 Å². The smallest absolute Gasteiger partial charge is 0.238 e. The first kappa shape index (κ1) is 13.8. The van der Waals surface area contributed by atoms with Gasteiger partial charge < -0.3 is 20.7 Å². The molecule has 5 nitrogen and oxygen atoms in total. The zero-order chi connectivity index (χ0) is 13.0. The van der Waals surface area contributed by atoms with E-state index >= 15 is 0 Å². The summed E-state index contributed by atoms with van der Waals surface area (Å²) in [5, 5.41) is 9.63. The van der Waals surface area contributed by atoms with E-state index in [1.54, 1.807) is 0 Å². The third-order valence-corrected chi connectivity index (χ3v) is 3.94. The number of hydrogen-bond donors (Lipinski definition) is 3. The molecule has 0 bridgehead atoms. The maximum absolute atomic E-state index is 12.0. The Morgan fingerprint density at radius 2 is 2.22 bits per heavy atom. The predicted octanol–water partition coefficient (Wildman–Crippen LogP) is -0.132. The molecule has 0 spiro atoms. The number of hydrogen-bond acceptors (Lipinski definition) is 4. The molecule has 4 atom stereocenters. The van der Waals surface area contributed by atoms with Gasteiger partial charge in [-0.1, -0.05) is 6.92 Å². The van der Waals surface area contributed by atoms with Gasteiger partial charge in [0.1, 0.15) is 0 Å². The Kier molecular flexibility index (Phi) is 4.97. The van der Waals surface area contributed by atoms with Gasteiger partial charge in [0.2, 0.25) is 5.91 Å². The van der Waals surface area contributed by atoms with Gasteiger partial charge in [-0.2, -0.15) is 0 Å². The van der Waals surface area contributed by atoms with Crippen LogP contribution in [0.1, 0.15) is 26.7 Å². The van der Waals surface area contributed by atoms with Gasteiger partial charge in [0.25, 0.3) is 0 Å². The molecule has 4 unspecified atom stereocenters. The van der Waals surface area contributed by atoms with Crippen molar-refractivity contribution in [2.45, 2.75) is 44.9 Å². The molecule has 0 aromatic rings. The monoisotopic (exact) mass is 255 g/mol. The summed E-state index contributed by atoms with van der Waals surface area (Å²) in [6.07, 6.45) is 2.41. The second-order valence-corrected chi connectivity index (χ2v) is 5.38. The predicted molar refractivity (Wildman–Crippen MR) is 70.4 cm³/mol. The van der Waals surface area contributed by atoms with E-state index in [4.69, 9.17) is 4.74 Å². The number of rotatable bonds is 4. The minimum absolute atomic E-state index is 0.0939. The zero-order valence-corrected chi connectivity index (χ0v) is 11.4. The van der Waals surface area contributed by atoms with Gasteiger partial charge in [-0.15, -0.1) is 0 Å². The normalized spacial score (nSPS) is 36.6. The van der Waals surface area contributed by atoms with E-state index in [0.29, 0.717) is 24.6 Å². The minimum Gasteiger partial charge on any atom is -0.378 e. The topological polar surface area (TPSA) is 62.4 Å². The molecular weight excluding hydrogens is 230 g/mol. The fourth-order valence-electron chi connectivity index (χ4n) is 2.70. The number of carbonyl (C=O) groups is 1. The van der Waals surface area contributed by atoms with Crippen molar-refractivity contribution in [3.8, 4) is 0 Å². The Balaban J connectivity index is 1.71. The summed E-state index contributed by atoms with van der Waals surface area (Å²) in [4.78, 5) is 12.0. The van der Waals surface area contributed by atoms with E-state index in [2.05, 4.69) is 29.8 Å². The summed E-state index contributed by atoms with van der Waals surface area (Å²) in [5.41, 5.74) is 0. The molecule has 0 aromatic heterocycles. The quantitative estimate of drug-likeness (QED) is 0.655. The molecule has 2 heterocycles. The zero-order valence-electron chi connectivity index (χ0n) is 11.4. The van der Waals surface area contributed by atoms with Crippen LogP contribution in [0.15, 0.2) is 0 Å². The molecule has 0 aliphatic carbocycles. The molecule has 2 saturated heterocycles. The fourth-order valence-corrected chi connectivity index (χ4v) is 2.70. The molecule has 18 heavy (non-hydrogen) atoms. The molecule has 1 amide bonds. The van der Waals surface area contributed by atoms with Crippen LogP contribution >= 0.6 is 0 Å². The largest absolute Gasteiger partial charge is 0.378 e. The van der Waals surface area contributed by atoms with Gasteiger partial charge in [-0.05, 0) is 19.8 Å². The second-order valence-electron chi connectivity index (χ2n) is 5.38. The van der Waals surface area contributed by atoms with E-state index in [1.165, 1.54) is 0 Å². The average molecular weight is 255 g/mol. The maximum atomic E-state index is 12.0. The number of carbonyl (C=O) groups excluding carboxylic acids is 1. The summed E-state index contributed by atoms with van der Waals surface area (Å²) < 4.78 is 5.63. The Labute approximate surface area is 109 Å². The lowest BCUT2D eigenvalue weighted by Gasteiger charge is -2.28. The van der Waals surface area contributed by atoms with Gasteiger partial charge in [-0.3, -0.25) is 4.79 Å². The van der Waals surface area contributed by atoms with Crippen molar-refractivity contribution < 1.29 is 9.53 Å². The first-order valence-corrected chi connectivity index (χ1v) is 7.06. The molecule has 0 radical (unpaired) electrons. The summed E-state index contributed by atoms with van der Waals surface area (Å²) in [7, 11) is 0. The van der Waals surface area contributed by atoms with Crippen molar-refractivity contribution in [3.63, 3.8) is 0 Å². The highest BCUT2D eigenvalue weighted by Crippen LogP contribution is 2.22. The Morgan fingerprint density at radius 3 is 2.89 bits per heavy atom. The molecule has 2 aliphatic rings. The minimum atomic E-state index is -0.0939. The van der Waals surface area contributed by atoms with Crippen molar-refractivity contribution in [3.05, 3.63) is 0 Å². The lowest BCUT2D eigenvalue weighted by Crippen LogP contribution is -2.59. The molecule has 2 fully saturated rings. The molecule has 0 saturated carbocycles. The first-order chi connectivity index (χ1) is 8.70. The van der Waals surface area contributed by atoms with Crippen molar-refractivity contribution in [2.75, 3.05) is 26.2 Å². The van der Waals surface area contributed by atoms with E-state index in [1.807, 2.05) is 0 Å². The summed E-state index contributed by atoms with van der Waals surface area (Å²) >= 11 is 0. The summed E-state index contributed by atoms with van der Waals surface area (Å²) in [6, 6.07) is 0.352. The van der Waals surface area contributed by atoms with E-state index in [-0.39, 0.29) is 11.9 Å². The molecule has 2 aliphatic heterocycles. The van der Waals surface area contributed by atoms with Crippen LogP contribution in [0.2, 0.25) is 0 Å². The molecular formula is C13H25N3O2. The Bertz CT molecular complexity index is 277. The highest BCUT2D eigenvalue weighted by molar-refractivity contribution is 5.82. The van der Waals surface area contributed by atoms with Crippen LogP contribution in [0.3, 0.4) is 0 Å². The van der Waals surface area contributed by atoms with Crippen molar-refractivity contribution in [1.29, 1.82) is 0 Å². The van der Waals surface area contributed by atoms with Gasteiger partial charge in [-0.25, -0.2) is 0 Å². The van der Waals surface area contributed by atoms with Gasteiger partial charge in [0.15, 0.2) is 0 Å². The second kappa shape index (κ2) is 6.50. The SMILES string of the molecule is CCC1OCCC1CNC(=O)C1CNC(C)CN1. The van der Waals surface area contributed by atoms with Crippen LogP contribution in [0.4, 0.5) is 0 Å². The Hall–Kier alpha value is -0.650. The van der Waals surface area contributed by atoms with Crippen LogP contribution in [0.25, 0.3) is 0 Å². The third-order valence-electron chi connectivity index (χ3n) is 3.94. The molecule has 0 aromatic carbocycles. The standard InChI is InChI=1S/C13H25N3O2/c1-3-12-10(4-5-18-12)7-16-13(17)11-8-14-9(2)6-15-11/h9-12,14-15H,3-8H2,1-2H3,(H,16,17). The average Bonchev–Trinajstić information content (AvgIpc) is 2.84. The molecule has 104 valence electrons. The van der Waals surface area contributed by atoms with Crippen LogP contribution in [-0.4, -0.2) is 50.3 Å². The number of ether oxygens (including phenoxy) is 1. The Morgan fingerprint density at radius 1 is 1.39 bits per heavy atom. The molecule has 2 rings (SSSR count). The first-order valence-electron chi connectivity index (χ1n) is 7.06. The lowest BCUT2D eigenvalue weighted by atomic mass is 9.99. The highest BCUT2D eigenvalue weighted by Gasteiger charge is 2.28. The van der Waals surface area contributed by atoms with E-state index in [0.717, 1.165) is 32.5 Å². The van der Waals surface area contributed by atoms with Crippen molar-refractivity contribution >= 4 is 5.91 Å². The van der Waals surface area contributed by atoms with E-state index in [9.17, 15) is 4.79 Å². The van der Waals surface area contributed by atoms with Crippen molar-refractivity contribution in [1.82, 2.24) is 16.0 Å². The number of amides is 1. The fraction of sp³-hybridized carbons (Fsp3) is 0.923. The van der Waals surface area contributed by atoms with Gasteiger partial charge in [0.05, 0.1) is 12.1 Å². The van der Waals surface area contributed by atoms with Gasteiger partial charge >= 0.3 is 0 Å². The number of nitrogens with one attached hydrogen (secondary N) is 3. The highest BCUT2D eigenvalue weighted by atomic mass is 16.5. The number of piperazine rings is 1. The van der Waals surface area contributed by atoms with Crippen LogP contribution < -0.4 is 16.0 Å². The third kappa shape index (κ3) is 3.43. The van der Waals surface area contributed by atoms with Crippen LogP contribution in [-0.2, 0) is 9.53 Å².